The van der Waals surface area contributed by atoms with E-state index in [0.29, 0.717) is 5.02 Å². The van der Waals surface area contributed by atoms with Crippen LogP contribution < -0.4 is 0 Å². The van der Waals surface area contributed by atoms with Gasteiger partial charge in [-0.2, -0.15) is 0 Å². The number of ketones is 1. The molecule has 0 N–H and O–H groups in total. The summed E-state index contributed by atoms with van der Waals surface area (Å²) in [6.07, 6.45) is 0. The van der Waals surface area contributed by atoms with Crippen molar-refractivity contribution in [1.82, 2.24) is 0 Å². The molecule has 3 nitrogen and oxygen atoms in total. The lowest BCUT2D eigenvalue weighted by Gasteiger charge is -2.21. The van der Waals surface area contributed by atoms with Crippen LogP contribution in [0.1, 0.15) is 24.2 Å². The number of halogens is 3. The number of alkyl halides is 1. The summed E-state index contributed by atoms with van der Waals surface area (Å²) in [5.74, 6) is -0.753. The van der Waals surface area contributed by atoms with Gasteiger partial charge in [0.1, 0.15) is 0 Å². The minimum absolute atomic E-state index is 0.123. The van der Waals surface area contributed by atoms with E-state index < -0.39 is 19.3 Å². The molecular weight excluding hydrogens is 363 g/mol. The molecule has 1 unspecified atom stereocenters. The average molecular weight is 374 g/mol. The maximum atomic E-state index is 12.3. The third-order valence-electron chi connectivity index (χ3n) is 2.55. The minimum Gasteiger partial charge on any atom is -0.291 e. The molecule has 0 saturated carbocycles. The highest BCUT2D eigenvalue weighted by atomic mass is 79.9. The lowest BCUT2D eigenvalue weighted by atomic mass is 10.1. The van der Waals surface area contributed by atoms with E-state index in [9.17, 15) is 13.2 Å². The molecule has 0 spiro atoms. The second kappa shape index (κ2) is 5.49. The summed E-state index contributed by atoms with van der Waals surface area (Å²) in [6, 6.07) is 4.30. The van der Waals surface area contributed by atoms with E-state index in [4.69, 9.17) is 23.2 Å². The highest BCUT2D eigenvalue weighted by molar-refractivity contribution is 9.12. The summed E-state index contributed by atoms with van der Waals surface area (Å²) >= 11 is 14.6. The van der Waals surface area contributed by atoms with Crippen LogP contribution in [-0.4, -0.2) is 23.6 Å². The zero-order valence-corrected chi connectivity index (χ0v) is 13.6. The molecule has 1 aromatic rings. The summed E-state index contributed by atoms with van der Waals surface area (Å²) in [5, 5.41) is 0.510. The Morgan fingerprint density at radius 3 is 2.39 bits per heavy atom. The SMILES string of the molecule is CCS(=O)(=O)C(C)(Br)C(=O)c1ccc(Cl)cc1Cl. The van der Waals surface area contributed by atoms with Gasteiger partial charge in [0, 0.05) is 16.3 Å². The topological polar surface area (TPSA) is 51.2 Å². The lowest BCUT2D eigenvalue weighted by molar-refractivity contribution is 0.0983. The van der Waals surface area contributed by atoms with Crippen molar-refractivity contribution in [3.63, 3.8) is 0 Å². The molecule has 1 rings (SSSR count). The number of carbonyl (C=O) groups is 1. The van der Waals surface area contributed by atoms with Crippen molar-refractivity contribution in [2.24, 2.45) is 0 Å². The largest absolute Gasteiger partial charge is 0.291 e. The van der Waals surface area contributed by atoms with Crippen molar-refractivity contribution < 1.29 is 13.2 Å². The molecule has 1 atom stereocenters. The van der Waals surface area contributed by atoms with Gasteiger partial charge in [-0.3, -0.25) is 4.79 Å². The van der Waals surface area contributed by atoms with Gasteiger partial charge >= 0.3 is 0 Å². The third kappa shape index (κ3) is 2.90. The number of rotatable bonds is 4. The van der Waals surface area contributed by atoms with Gasteiger partial charge in [0.15, 0.2) is 19.3 Å². The Labute approximate surface area is 125 Å². The van der Waals surface area contributed by atoms with Crippen molar-refractivity contribution >= 4 is 54.8 Å². The normalized spacial score (nSPS) is 15.2. The summed E-state index contributed by atoms with van der Waals surface area (Å²) < 4.78 is 22.1. The highest BCUT2D eigenvalue weighted by Gasteiger charge is 2.43. The van der Waals surface area contributed by atoms with E-state index >= 15 is 0 Å². The van der Waals surface area contributed by atoms with Gasteiger partial charge in [-0.25, -0.2) is 8.42 Å². The number of hydrogen-bond acceptors (Lipinski definition) is 3. The maximum Gasteiger partial charge on any atom is 0.195 e. The number of benzene rings is 1. The van der Waals surface area contributed by atoms with E-state index in [2.05, 4.69) is 15.9 Å². The molecule has 7 heteroatoms. The summed E-state index contributed by atoms with van der Waals surface area (Å²) in [5.41, 5.74) is 0.123. The Morgan fingerprint density at radius 2 is 1.94 bits per heavy atom. The smallest absolute Gasteiger partial charge is 0.195 e. The molecule has 0 bridgehead atoms. The van der Waals surface area contributed by atoms with Crippen molar-refractivity contribution in [1.29, 1.82) is 0 Å². The van der Waals surface area contributed by atoms with E-state index in [1.807, 2.05) is 0 Å². The van der Waals surface area contributed by atoms with Gasteiger partial charge in [0.2, 0.25) is 0 Å². The van der Waals surface area contributed by atoms with Gasteiger partial charge in [0.25, 0.3) is 0 Å². The van der Waals surface area contributed by atoms with Crippen LogP contribution in [0.4, 0.5) is 0 Å². The molecule has 0 aliphatic rings. The predicted molar refractivity (Wildman–Crippen MR) is 77.6 cm³/mol. The zero-order valence-electron chi connectivity index (χ0n) is 9.71. The van der Waals surface area contributed by atoms with Crippen LogP contribution in [0.2, 0.25) is 10.0 Å². The molecule has 0 aromatic heterocycles. The summed E-state index contributed by atoms with van der Waals surface area (Å²) in [7, 11) is -3.60. The van der Waals surface area contributed by atoms with E-state index in [-0.39, 0.29) is 16.3 Å². The first kappa shape index (κ1) is 16.0. The van der Waals surface area contributed by atoms with Crippen LogP contribution in [0.3, 0.4) is 0 Å². The number of sulfone groups is 1. The van der Waals surface area contributed by atoms with Crippen LogP contribution in [0.5, 0.6) is 0 Å². The number of carbonyl (C=O) groups excluding carboxylic acids is 1. The van der Waals surface area contributed by atoms with Gasteiger partial charge in [0.05, 0.1) is 5.02 Å². The molecule has 0 aliphatic heterocycles. The summed E-state index contributed by atoms with van der Waals surface area (Å²) in [6.45, 7) is 2.78. The van der Waals surface area contributed by atoms with Crippen LogP contribution >= 0.6 is 39.1 Å². The van der Waals surface area contributed by atoms with E-state index in [0.717, 1.165) is 0 Å². The first-order valence-electron chi connectivity index (χ1n) is 5.04. The lowest BCUT2D eigenvalue weighted by Crippen LogP contribution is -2.38. The van der Waals surface area contributed by atoms with Crippen LogP contribution in [0.15, 0.2) is 18.2 Å². The van der Waals surface area contributed by atoms with Crippen LogP contribution in [-0.2, 0) is 9.84 Å². The standard InChI is InChI=1S/C11H11BrCl2O3S/c1-3-18(16,17)11(2,12)10(15)8-5-4-7(13)6-9(8)14/h4-6H,3H2,1-2H3. The fourth-order valence-electron chi connectivity index (χ4n) is 1.33. The molecule has 0 aliphatic carbocycles. The fraction of sp³-hybridized carbons (Fsp3) is 0.364. The first-order valence-corrected chi connectivity index (χ1v) is 8.24. The fourth-order valence-corrected chi connectivity index (χ4v) is 3.66. The molecule has 0 fully saturated rings. The van der Waals surface area contributed by atoms with Crippen LogP contribution in [0.25, 0.3) is 0 Å². The van der Waals surface area contributed by atoms with Gasteiger partial charge in [-0.1, -0.05) is 46.1 Å². The number of Topliss-reactive ketones (excluding diaryl/α,β-unsaturated/α-hetero) is 1. The Bertz CT molecular complexity index is 582. The molecule has 1 aromatic carbocycles. The summed E-state index contributed by atoms with van der Waals surface area (Å²) in [4.78, 5) is 12.3. The molecule has 18 heavy (non-hydrogen) atoms. The van der Waals surface area contributed by atoms with Crippen molar-refractivity contribution in [3.05, 3.63) is 33.8 Å². The minimum atomic E-state index is -3.60. The molecule has 100 valence electrons. The monoisotopic (exact) mass is 372 g/mol. The molecule has 0 heterocycles. The van der Waals surface area contributed by atoms with Crippen molar-refractivity contribution in [2.45, 2.75) is 17.5 Å². The van der Waals surface area contributed by atoms with Crippen molar-refractivity contribution in [2.75, 3.05) is 5.75 Å². The predicted octanol–water partition coefficient (Wildman–Crippen LogP) is 3.72. The molecule has 0 radical (unpaired) electrons. The Kier molecular flexibility index (Phi) is 4.87. The second-order valence-electron chi connectivity index (χ2n) is 3.77. The maximum absolute atomic E-state index is 12.3. The van der Waals surface area contributed by atoms with Gasteiger partial charge < -0.3 is 0 Å². The highest BCUT2D eigenvalue weighted by Crippen LogP contribution is 2.33. The quantitative estimate of drug-likeness (QED) is 0.596. The second-order valence-corrected chi connectivity index (χ2v) is 9.35. The third-order valence-corrected chi connectivity index (χ3v) is 7.05. The van der Waals surface area contributed by atoms with Gasteiger partial charge in [-0.05, 0) is 25.1 Å². The molecular formula is C11H11BrCl2O3S. The Morgan fingerprint density at radius 1 is 1.39 bits per heavy atom. The molecule has 0 saturated heterocycles. The average Bonchev–Trinajstić information content (AvgIpc) is 2.28. The van der Waals surface area contributed by atoms with Crippen molar-refractivity contribution in [3.8, 4) is 0 Å². The number of hydrogen-bond donors (Lipinski definition) is 0. The zero-order chi connectivity index (χ0) is 14.1. The Hall–Kier alpha value is -0.100. The first-order chi connectivity index (χ1) is 8.13. The molecule has 0 amide bonds. The Balaban J connectivity index is 3.31. The van der Waals surface area contributed by atoms with E-state index in [1.54, 1.807) is 0 Å². The van der Waals surface area contributed by atoms with Gasteiger partial charge in [-0.15, -0.1) is 0 Å². The van der Waals surface area contributed by atoms with E-state index in [1.165, 1.54) is 32.0 Å². The van der Waals surface area contributed by atoms with Crippen LogP contribution in [0, 0.1) is 0 Å².